The first kappa shape index (κ1) is 13.5. The van der Waals surface area contributed by atoms with E-state index in [1.165, 1.54) is 0 Å². The molecule has 1 aliphatic rings. The van der Waals surface area contributed by atoms with Gasteiger partial charge in [0.25, 0.3) is 0 Å². The van der Waals surface area contributed by atoms with Gasteiger partial charge in [0.15, 0.2) is 5.78 Å². The molecule has 0 saturated carbocycles. The van der Waals surface area contributed by atoms with Gasteiger partial charge in [-0.2, -0.15) is 0 Å². The largest absolute Gasteiger partial charge is 0.489 e. The molecule has 0 fully saturated rings. The molecule has 4 heteroatoms. The van der Waals surface area contributed by atoms with E-state index in [1.54, 1.807) is 18.2 Å². The van der Waals surface area contributed by atoms with Crippen LogP contribution in [0.5, 0.6) is 5.75 Å². The summed E-state index contributed by atoms with van der Waals surface area (Å²) in [5.41, 5.74) is 2.64. The molecule has 0 saturated heterocycles. The predicted molar refractivity (Wildman–Crippen MR) is 79.9 cm³/mol. The molecule has 0 N–H and O–H groups in total. The minimum atomic E-state index is 0.209. The van der Waals surface area contributed by atoms with Crippen molar-refractivity contribution >= 4 is 29.0 Å². The maximum atomic E-state index is 11.6. The summed E-state index contributed by atoms with van der Waals surface area (Å²) in [6, 6.07) is 10.9. The Morgan fingerprint density at radius 1 is 1.05 bits per heavy atom. The fraction of sp³-hybridized carbons (Fsp3) is 0.188. The molecule has 1 aliphatic carbocycles. The van der Waals surface area contributed by atoms with E-state index < -0.39 is 0 Å². The van der Waals surface area contributed by atoms with Crippen LogP contribution in [0.4, 0.5) is 0 Å². The number of ether oxygens (including phenoxy) is 1. The van der Waals surface area contributed by atoms with Crippen molar-refractivity contribution in [2.24, 2.45) is 0 Å². The van der Waals surface area contributed by atoms with Crippen LogP contribution >= 0.6 is 23.2 Å². The van der Waals surface area contributed by atoms with Crippen LogP contribution in [0, 0.1) is 0 Å². The zero-order chi connectivity index (χ0) is 14.1. The van der Waals surface area contributed by atoms with Gasteiger partial charge in [-0.05, 0) is 42.3 Å². The van der Waals surface area contributed by atoms with Crippen molar-refractivity contribution < 1.29 is 9.53 Å². The first-order chi connectivity index (χ1) is 9.65. The molecule has 3 rings (SSSR count). The number of carbonyl (C=O) groups is 1. The maximum Gasteiger partial charge on any atom is 0.163 e. The Morgan fingerprint density at radius 2 is 1.80 bits per heavy atom. The lowest BCUT2D eigenvalue weighted by Crippen LogP contribution is -1.98. The van der Waals surface area contributed by atoms with E-state index in [9.17, 15) is 4.79 Å². The predicted octanol–water partition coefficient (Wildman–Crippen LogP) is 4.70. The summed E-state index contributed by atoms with van der Waals surface area (Å²) < 4.78 is 5.73. The van der Waals surface area contributed by atoms with Crippen molar-refractivity contribution in [1.29, 1.82) is 0 Å². The lowest BCUT2D eigenvalue weighted by atomic mass is 10.1. The monoisotopic (exact) mass is 306 g/mol. The molecule has 2 aromatic rings. The Bertz CT molecular complexity index is 660. The molecule has 0 aromatic heterocycles. The lowest BCUT2D eigenvalue weighted by molar-refractivity contribution is 0.0994. The second-order valence-electron chi connectivity index (χ2n) is 4.73. The smallest absolute Gasteiger partial charge is 0.163 e. The van der Waals surface area contributed by atoms with E-state index >= 15 is 0 Å². The van der Waals surface area contributed by atoms with Crippen LogP contribution in [0.3, 0.4) is 0 Å². The van der Waals surface area contributed by atoms with Crippen molar-refractivity contribution in [3.05, 3.63) is 63.1 Å². The van der Waals surface area contributed by atoms with E-state index in [1.807, 2.05) is 18.2 Å². The first-order valence-electron chi connectivity index (χ1n) is 6.37. The number of halogens is 2. The summed E-state index contributed by atoms with van der Waals surface area (Å²) in [4.78, 5) is 11.6. The second kappa shape index (κ2) is 5.47. The highest BCUT2D eigenvalue weighted by atomic mass is 35.5. The van der Waals surface area contributed by atoms with Crippen LogP contribution in [0.2, 0.25) is 10.0 Å². The molecular formula is C16H12Cl2O2. The number of carbonyl (C=O) groups excluding carboxylic acids is 1. The van der Waals surface area contributed by atoms with Gasteiger partial charge in [-0.25, -0.2) is 0 Å². The van der Waals surface area contributed by atoms with Gasteiger partial charge in [0.1, 0.15) is 12.4 Å². The molecule has 0 heterocycles. The van der Waals surface area contributed by atoms with Crippen molar-refractivity contribution in [2.75, 3.05) is 0 Å². The van der Waals surface area contributed by atoms with E-state index in [0.717, 1.165) is 28.9 Å². The average Bonchev–Trinajstić information content (AvgIpc) is 2.79. The van der Waals surface area contributed by atoms with Crippen molar-refractivity contribution in [2.45, 2.75) is 19.4 Å². The van der Waals surface area contributed by atoms with E-state index in [4.69, 9.17) is 27.9 Å². The molecule has 20 heavy (non-hydrogen) atoms. The molecule has 2 aromatic carbocycles. The number of hydrogen-bond acceptors (Lipinski definition) is 2. The van der Waals surface area contributed by atoms with Gasteiger partial charge in [-0.1, -0.05) is 29.3 Å². The van der Waals surface area contributed by atoms with Gasteiger partial charge in [-0.15, -0.1) is 0 Å². The second-order valence-corrected chi connectivity index (χ2v) is 5.55. The zero-order valence-corrected chi connectivity index (χ0v) is 12.2. The zero-order valence-electron chi connectivity index (χ0n) is 10.7. The third-order valence-corrected chi connectivity index (χ3v) is 4.15. The van der Waals surface area contributed by atoms with E-state index in [-0.39, 0.29) is 5.78 Å². The van der Waals surface area contributed by atoms with Crippen LogP contribution in [0.1, 0.15) is 27.9 Å². The van der Waals surface area contributed by atoms with E-state index in [0.29, 0.717) is 23.1 Å². The summed E-state index contributed by atoms with van der Waals surface area (Å²) in [5.74, 6) is 0.940. The molecule has 0 amide bonds. The van der Waals surface area contributed by atoms with Gasteiger partial charge in [0.2, 0.25) is 0 Å². The van der Waals surface area contributed by atoms with Gasteiger partial charge in [0.05, 0.1) is 0 Å². The molecule has 0 atom stereocenters. The third kappa shape index (κ3) is 2.54. The third-order valence-electron chi connectivity index (χ3n) is 3.44. The normalized spacial score (nSPS) is 13.4. The molecule has 0 bridgehead atoms. The highest BCUT2D eigenvalue weighted by Crippen LogP contribution is 2.29. The average molecular weight is 307 g/mol. The summed E-state index contributed by atoms with van der Waals surface area (Å²) in [5, 5.41) is 1.18. The van der Waals surface area contributed by atoms with Crippen molar-refractivity contribution in [3.8, 4) is 5.75 Å². The number of aryl methyl sites for hydroxylation is 1. The first-order valence-corrected chi connectivity index (χ1v) is 7.12. The van der Waals surface area contributed by atoms with Crippen LogP contribution in [0.25, 0.3) is 0 Å². The van der Waals surface area contributed by atoms with E-state index in [2.05, 4.69) is 0 Å². The molecule has 0 radical (unpaired) electrons. The fourth-order valence-corrected chi connectivity index (χ4v) is 2.85. The van der Waals surface area contributed by atoms with Gasteiger partial charge >= 0.3 is 0 Å². The van der Waals surface area contributed by atoms with Gasteiger partial charge < -0.3 is 4.74 Å². The van der Waals surface area contributed by atoms with Gasteiger partial charge in [0, 0.05) is 27.6 Å². The number of hydrogen-bond donors (Lipinski definition) is 0. The summed E-state index contributed by atoms with van der Waals surface area (Å²) in [7, 11) is 0. The molecule has 0 aliphatic heterocycles. The fourth-order valence-electron chi connectivity index (χ4n) is 2.35. The number of rotatable bonds is 3. The maximum absolute atomic E-state index is 11.6. The Kier molecular flexibility index (Phi) is 3.68. The highest BCUT2D eigenvalue weighted by Gasteiger charge is 2.19. The number of Topliss-reactive ketones (excluding diaryl/α,β-unsaturated/α-hetero) is 1. The number of benzene rings is 2. The van der Waals surface area contributed by atoms with Crippen molar-refractivity contribution in [3.63, 3.8) is 0 Å². The molecule has 0 spiro atoms. The topological polar surface area (TPSA) is 26.3 Å². The molecule has 102 valence electrons. The SMILES string of the molecule is O=C1CCc2cc(OCc3c(Cl)cccc3Cl)ccc21. The Morgan fingerprint density at radius 3 is 2.55 bits per heavy atom. The lowest BCUT2D eigenvalue weighted by Gasteiger charge is -2.10. The molecule has 2 nitrogen and oxygen atoms in total. The minimum absolute atomic E-state index is 0.209. The standard InChI is InChI=1S/C16H12Cl2O2/c17-14-2-1-3-15(18)13(14)9-20-11-5-6-12-10(8-11)4-7-16(12)19/h1-3,5-6,8H,4,7,9H2. The minimum Gasteiger partial charge on any atom is -0.489 e. The molecule has 0 unspecified atom stereocenters. The van der Waals surface area contributed by atoms with Gasteiger partial charge in [-0.3, -0.25) is 4.79 Å². The summed E-state index contributed by atoms with van der Waals surface area (Å²) in [6.45, 7) is 0.311. The van der Waals surface area contributed by atoms with Crippen LogP contribution in [-0.2, 0) is 13.0 Å². The summed E-state index contributed by atoms with van der Waals surface area (Å²) >= 11 is 12.2. The van der Waals surface area contributed by atoms with Crippen molar-refractivity contribution in [1.82, 2.24) is 0 Å². The van der Waals surface area contributed by atoms with Crippen LogP contribution in [-0.4, -0.2) is 5.78 Å². The quantitative estimate of drug-likeness (QED) is 0.821. The highest BCUT2D eigenvalue weighted by molar-refractivity contribution is 6.35. The van der Waals surface area contributed by atoms with Crippen LogP contribution in [0.15, 0.2) is 36.4 Å². The number of fused-ring (bicyclic) bond motifs is 1. The summed E-state index contributed by atoms with van der Waals surface area (Å²) in [6.07, 6.45) is 1.38. The number of ketones is 1. The Labute approximate surface area is 127 Å². The Hall–Kier alpha value is -1.51. The van der Waals surface area contributed by atoms with Crippen LogP contribution < -0.4 is 4.74 Å². The molecular weight excluding hydrogens is 295 g/mol. The Balaban J connectivity index is 1.78.